The quantitative estimate of drug-likeness (QED) is 0.625. The Kier molecular flexibility index (Phi) is 8.69. The molecule has 0 saturated carbocycles. The number of halogens is 1. The van der Waals surface area contributed by atoms with Crippen LogP contribution in [0, 0.1) is 11.7 Å². The van der Waals surface area contributed by atoms with Crippen LogP contribution in [0.4, 0.5) is 4.39 Å². The maximum absolute atomic E-state index is 13.3. The zero-order valence-electron chi connectivity index (χ0n) is 20.0. The smallest absolute Gasteiger partial charge is 0.227 e. The maximum Gasteiger partial charge on any atom is 0.227 e. The summed E-state index contributed by atoms with van der Waals surface area (Å²) in [7, 11) is 0. The van der Waals surface area contributed by atoms with E-state index in [1.54, 1.807) is 12.1 Å². The summed E-state index contributed by atoms with van der Waals surface area (Å²) in [6, 6.07) is 16.7. The molecule has 5 nitrogen and oxygen atoms in total. The van der Waals surface area contributed by atoms with E-state index in [2.05, 4.69) is 35.2 Å². The lowest BCUT2D eigenvalue weighted by atomic mass is 9.95. The fourth-order valence-electron chi connectivity index (χ4n) is 5.12. The average Bonchev–Trinajstić information content (AvgIpc) is 3.11. The molecule has 2 aromatic rings. The van der Waals surface area contributed by atoms with E-state index in [-0.39, 0.29) is 30.0 Å². The molecule has 0 aliphatic carbocycles. The molecule has 2 amide bonds. The molecule has 0 spiro atoms. The van der Waals surface area contributed by atoms with Crippen molar-refractivity contribution in [2.24, 2.45) is 5.92 Å². The van der Waals surface area contributed by atoms with Crippen LogP contribution in [0.5, 0.6) is 0 Å². The molecule has 2 aromatic carbocycles. The molecule has 1 unspecified atom stereocenters. The lowest BCUT2D eigenvalue weighted by Crippen LogP contribution is -2.47. The third-order valence-electron chi connectivity index (χ3n) is 7.07. The summed E-state index contributed by atoms with van der Waals surface area (Å²) in [5, 5.41) is 0. The Morgan fingerprint density at radius 1 is 0.824 bits per heavy atom. The van der Waals surface area contributed by atoms with E-state index in [0.29, 0.717) is 13.1 Å². The summed E-state index contributed by atoms with van der Waals surface area (Å²) in [6.45, 7) is 5.77. The highest BCUT2D eigenvalue weighted by Gasteiger charge is 2.31. The minimum Gasteiger partial charge on any atom is -0.342 e. The van der Waals surface area contributed by atoms with Gasteiger partial charge < -0.3 is 14.7 Å². The fraction of sp³-hybridized carbons (Fsp3) is 0.500. The van der Waals surface area contributed by atoms with Gasteiger partial charge in [0, 0.05) is 32.7 Å². The first kappa shape index (κ1) is 24.4. The van der Waals surface area contributed by atoms with E-state index in [1.165, 1.54) is 17.7 Å². The second-order valence-corrected chi connectivity index (χ2v) is 9.59. The van der Waals surface area contributed by atoms with Crippen LogP contribution in [0.3, 0.4) is 0 Å². The fourth-order valence-corrected chi connectivity index (χ4v) is 5.12. The summed E-state index contributed by atoms with van der Waals surface area (Å²) in [5.41, 5.74) is 2.18. The van der Waals surface area contributed by atoms with Crippen LogP contribution >= 0.6 is 0 Å². The van der Waals surface area contributed by atoms with Gasteiger partial charge in [-0.25, -0.2) is 4.39 Å². The molecule has 182 valence electrons. The first-order chi connectivity index (χ1) is 16.6. The molecule has 0 bridgehead atoms. The van der Waals surface area contributed by atoms with Crippen LogP contribution in [0.25, 0.3) is 0 Å². The van der Waals surface area contributed by atoms with Gasteiger partial charge in [0.2, 0.25) is 11.8 Å². The normalized spacial score (nSPS) is 19.6. The molecule has 2 aliphatic heterocycles. The second kappa shape index (κ2) is 12.1. The summed E-state index contributed by atoms with van der Waals surface area (Å²) >= 11 is 0. The van der Waals surface area contributed by atoms with Crippen molar-refractivity contribution >= 4 is 11.8 Å². The van der Waals surface area contributed by atoms with Crippen LogP contribution in [0.15, 0.2) is 54.6 Å². The van der Waals surface area contributed by atoms with Crippen molar-refractivity contribution in [2.75, 3.05) is 45.8 Å². The molecular formula is C28H36FN3O2. The molecule has 0 N–H and O–H groups in total. The second-order valence-electron chi connectivity index (χ2n) is 9.59. The number of rotatable bonds is 7. The molecule has 2 aliphatic rings. The van der Waals surface area contributed by atoms with Crippen LogP contribution in [-0.4, -0.2) is 72.3 Å². The van der Waals surface area contributed by atoms with Gasteiger partial charge in [0.05, 0.1) is 12.3 Å². The van der Waals surface area contributed by atoms with Gasteiger partial charge in [0.1, 0.15) is 5.82 Å². The van der Waals surface area contributed by atoms with Gasteiger partial charge in [-0.05, 0) is 68.5 Å². The molecule has 2 heterocycles. The van der Waals surface area contributed by atoms with E-state index in [9.17, 15) is 14.0 Å². The molecule has 4 rings (SSSR count). The van der Waals surface area contributed by atoms with Crippen LogP contribution in [0.1, 0.15) is 36.8 Å². The van der Waals surface area contributed by atoms with Crippen molar-refractivity contribution in [2.45, 2.75) is 38.5 Å². The Morgan fingerprint density at radius 2 is 1.59 bits per heavy atom. The zero-order chi connectivity index (χ0) is 23.8. The van der Waals surface area contributed by atoms with E-state index >= 15 is 0 Å². The summed E-state index contributed by atoms with van der Waals surface area (Å²) in [4.78, 5) is 32.4. The Hall–Kier alpha value is -2.73. The topological polar surface area (TPSA) is 43.9 Å². The Bertz CT molecular complexity index is 934. The molecule has 2 saturated heterocycles. The molecule has 2 fully saturated rings. The molecule has 34 heavy (non-hydrogen) atoms. The Balaban J connectivity index is 1.23. The van der Waals surface area contributed by atoms with Crippen LogP contribution in [-0.2, 0) is 22.4 Å². The van der Waals surface area contributed by atoms with Crippen LogP contribution in [0.2, 0.25) is 0 Å². The van der Waals surface area contributed by atoms with Crippen molar-refractivity contribution in [3.63, 3.8) is 0 Å². The molecule has 0 aromatic heterocycles. The lowest BCUT2D eigenvalue weighted by molar-refractivity contribution is -0.140. The van der Waals surface area contributed by atoms with Gasteiger partial charge in [-0.3, -0.25) is 9.59 Å². The van der Waals surface area contributed by atoms with Gasteiger partial charge in [-0.15, -0.1) is 0 Å². The first-order valence-electron chi connectivity index (χ1n) is 12.7. The van der Waals surface area contributed by atoms with E-state index in [1.807, 2.05) is 9.80 Å². The van der Waals surface area contributed by atoms with E-state index < -0.39 is 0 Å². The monoisotopic (exact) mass is 465 g/mol. The largest absolute Gasteiger partial charge is 0.342 e. The zero-order valence-corrected chi connectivity index (χ0v) is 20.0. The number of hydrogen-bond acceptors (Lipinski definition) is 3. The van der Waals surface area contributed by atoms with Gasteiger partial charge in [0.15, 0.2) is 0 Å². The number of piperidine rings is 1. The van der Waals surface area contributed by atoms with Crippen molar-refractivity contribution < 1.29 is 14.0 Å². The number of nitrogens with zero attached hydrogens (tertiary/aromatic N) is 3. The summed E-state index contributed by atoms with van der Waals surface area (Å²) in [6.07, 6.45) is 5.16. The highest BCUT2D eigenvalue weighted by molar-refractivity contribution is 5.82. The molecule has 6 heteroatoms. The number of aryl methyl sites for hydroxylation is 1. The molecule has 1 atom stereocenters. The SMILES string of the molecule is O=C(Cc1ccc(F)cc1)N1CCCC(C(=O)N2CCCN(CCCc3ccccc3)CC2)C1. The maximum atomic E-state index is 13.3. The van der Waals surface area contributed by atoms with E-state index in [0.717, 1.165) is 70.4 Å². The van der Waals surface area contributed by atoms with Crippen molar-refractivity contribution in [1.82, 2.24) is 14.7 Å². The van der Waals surface area contributed by atoms with Gasteiger partial charge in [-0.2, -0.15) is 0 Å². The third kappa shape index (κ3) is 6.89. The lowest BCUT2D eigenvalue weighted by Gasteiger charge is -2.35. The number of hydrogen-bond donors (Lipinski definition) is 0. The molecule has 0 radical (unpaired) electrons. The minimum absolute atomic E-state index is 0.0181. The Labute approximate surface area is 202 Å². The van der Waals surface area contributed by atoms with Gasteiger partial charge in [0.25, 0.3) is 0 Å². The predicted octanol–water partition coefficient (Wildman–Crippen LogP) is 3.77. The number of amides is 2. The predicted molar refractivity (Wildman–Crippen MR) is 132 cm³/mol. The standard InChI is InChI=1S/C28H36FN3O2/c29-26-13-11-24(12-14-26)21-27(33)32-17-5-10-25(22-32)28(34)31-18-6-16-30(19-20-31)15-4-9-23-7-2-1-3-8-23/h1-3,7-8,11-14,25H,4-6,9-10,15-22H2. The van der Waals surface area contributed by atoms with Gasteiger partial charge in [-0.1, -0.05) is 42.5 Å². The first-order valence-corrected chi connectivity index (χ1v) is 12.7. The highest BCUT2D eigenvalue weighted by atomic mass is 19.1. The van der Waals surface area contributed by atoms with Crippen molar-refractivity contribution in [3.05, 3.63) is 71.5 Å². The van der Waals surface area contributed by atoms with E-state index in [4.69, 9.17) is 0 Å². The number of likely N-dealkylation sites (tertiary alicyclic amines) is 1. The van der Waals surface area contributed by atoms with Crippen molar-refractivity contribution in [3.8, 4) is 0 Å². The van der Waals surface area contributed by atoms with Crippen LogP contribution < -0.4 is 0 Å². The third-order valence-corrected chi connectivity index (χ3v) is 7.07. The summed E-state index contributed by atoms with van der Waals surface area (Å²) in [5.74, 6) is -0.197. The molecular weight excluding hydrogens is 429 g/mol. The average molecular weight is 466 g/mol. The minimum atomic E-state index is -0.299. The highest BCUT2D eigenvalue weighted by Crippen LogP contribution is 2.21. The number of carbonyl (C=O) groups excluding carboxylic acids is 2. The summed E-state index contributed by atoms with van der Waals surface area (Å²) < 4.78 is 13.1. The Morgan fingerprint density at radius 3 is 2.38 bits per heavy atom. The van der Waals surface area contributed by atoms with Crippen molar-refractivity contribution in [1.29, 1.82) is 0 Å². The number of carbonyl (C=O) groups is 2. The number of benzene rings is 2. The van der Waals surface area contributed by atoms with Gasteiger partial charge >= 0.3 is 0 Å².